The summed E-state index contributed by atoms with van der Waals surface area (Å²) in [4.78, 5) is 18.9. The zero-order chi connectivity index (χ0) is 28.4. The second kappa shape index (κ2) is 13.7. The summed E-state index contributed by atoms with van der Waals surface area (Å²) < 4.78 is 23.0. The third-order valence-electron chi connectivity index (χ3n) is 6.75. The molecule has 0 saturated carbocycles. The Morgan fingerprint density at radius 3 is 2.60 bits per heavy atom. The highest BCUT2D eigenvalue weighted by Gasteiger charge is 2.52. The fraction of sp³-hybridized carbons (Fsp3) is 0.312. The highest BCUT2D eigenvalue weighted by Crippen LogP contribution is 2.43. The quantitative estimate of drug-likeness (QED) is 0.226. The lowest BCUT2D eigenvalue weighted by molar-refractivity contribution is -0.128. The van der Waals surface area contributed by atoms with Crippen LogP contribution in [-0.2, 0) is 16.0 Å². The van der Waals surface area contributed by atoms with Gasteiger partial charge in [-0.05, 0) is 60.0 Å². The zero-order valence-corrected chi connectivity index (χ0v) is 23.0. The van der Waals surface area contributed by atoms with Gasteiger partial charge in [-0.1, -0.05) is 36.4 Å². The predicted octanol–water partition coefficient (Wildman–Crippen LogP) is 4.66. The number of aliphatic imine (C=N–C) groups is 1. The van der Waals surface area contributed by atoms with Gasteiger partial charge in [-0.3, -0.25) is 4.79 Å². The summed E-state index contributed by atoms with van der Waals surface area (Å²) in [5.74, 6) is 2.21. The van der Waals surface area contributed by atoms with Gasteiger partial charge in [0.15, 0.2) is 11.6 Å². The summed E-state index contributed by atoms with van der Waals surface area (Å²) in [6.45, 7) is 4.81. The van der Waals surface area contributed by atoms with E-state index in [0.717, 1.165) is 22.4 Å². The molecule has 2 atom stereocenters. The highest BCUT2D eigenvalue weighted by atomic mass is 16.5. The van der Waals surface area contributed by atoms with Crippen LogP contribution in [0, 0.1) is 0 Å². The Balaban J connectivity index is 1.63. The van der Waals surface area contributed by atoms with Crippen LogP contribution in [0.2, 0.25) is 0 Å². The van der Waals surface area contributed by atoms with Gasteiger partial charge >= 0.3 is 0 Å². The van der Waals surface area contributed by atoms with Crippen molar-refractivity contribution in [1.82, 2.24) is 5.32 Å². The maximum absolute atomic E-state index is 14.0. The van der Waals surface area contributed by atoms with Gasteiger partial charge in [0.05, 0.1) is 20.8 Å². The lowest BCUT2D eigenvalue weighted by atomic mass is 9.84. The normalized spacial score (nSPS) is 17.9. The minimum Gasteiger partial charge on any atom is -0.497 e. The summed E-state index contributed by atoms with van der Waals surface area (Å²) in [6.07, 6.45) is 2.40. The van der Waals surface area contributed by atoms with E-state index in [1.54, 1.807) is 20.3 Å². The minimum atomic E-state index is -1.28. The molecule has 8 nitrogen and oxygen atoms in total. The molecular weight excluding hydrogens is 508 g/mol. The fourth-order valence-corrected chi connectivity index (χ4v) is 4.71. The van der Waals surface area contributed by atoms with Crippen molar-refractivity contribution in [3.05, 3.63) is 102 Å². The fourth-order valence-electron chi connectivity index (χ4n) is 4.71. The van der Waals surface area contributed by atoms with Crippen molar-refractivity contribution in [2.75, 3.05) is 34.0 Å². The van der Waals surface area contributed by atoms with Gasteiger partial charge in [0, 0.05) is 31.6 Å². The molecule has 4 rings (SSSR count). The largest absolute Gasteiger partial charge is 0.497 e. The average molecular weight is 545 g/mol. The van der Waals surface area contributed by atoms with Crippen LogP contribution >= 0.6 is 0 Å². The molecule has 3 aromatic carbocycles. The molecule has 8 heteroatoms. The molecule has 1 amide bonds. The van der Waals surface area contributed by atoms with Crippen LogP contribution in [0.5, 0.6) is 17.2 Å². The molecule has 1 heterocycles. The van der Waals surface area contributed by atoms with Crippen LogP contribution < -0.4 is 19.5 Å². The lowest BCUT2D eigenvalue weighted by Crippen LogP contribution is -2.48. The molecule has 3 aromatic rings. The number of nitrogens with one attached hydrogen (secondary N) is 1. The third-order valence-corrected chi connectivity index (χ3v) is 6.75. The Labute approximate surface area is 235 Å². The van der Waals surface area contributed by atoms with Gasteiger partial charge < -0.3 is 29.4 Å². The number of hydrogen-bond acceptors (Lipinski definition) is 7. The van der Waals surface area contributed by atoms with E-state index in [-0.39, 0.29) is 18.9 Å². The van der Waals surface area contributed by atoms with Gasteiger partial charge in [0.25, 0.3) is 5.91 Å². The first kappa shape index (κ1) is 28.7. The summed E-state index contributed by atoms with van der Waals surface area (Å²) in [7, 11) is 3.23. The highest BCUT2D eigenvalue weighted by molar-refractivity contribution is 6.01. The van der Waals surface area contributed by atoms with E-state index in [1.165, 1.54) is 0 Å². The van der Waals surface area contributed by atoms with Crippen LogP contribution in [0.3, 0.4) is 0 Å². The summed E-state index contributed by atoms with van der Waals surface area (Å²) >= 11 is 0. The Bertz CT molecular complexity index is 1320. The summed E-state index contributed by atoms with van der Waals surface area (Å²) in [5.41, 5.74) is 1.21. The number of ether oxygens (including phenoxy) is 4. The number of benzene rings is 3. The summed E-state index contributed by atoms with van der Waals surface area (Å²) in [5, 5.41) is 12.1. The molecule has 1 aliphatic heterocycles. The molecule has 40 heavy (non-hydrogen) atoms. The average Bonchev–Trinajstić information content (AvgIpc) is 3.38. The van der Waals surface area contributed by atoms with Crippen molar-refractivity contribution in [3.8, 4) is 17.2 Å². The number of amides is 1. The second-order valence-electron chi connectivity index (χ2n) is 9.38. The molecule has 0 radical (unpaired) electrons. The van der Waals surface area contributed by atoms with Gasteiger partial charge in [0.2, 0.25) is 5.90 Å². The lowest BCUT2D eigenvalue weighted by Gasteiger charge is -2.30. The Morgan fingerprint density at radius 1 is 1.07 bits per heavy atom. The number of rotatable bonds is 14. The number of nitrogens with zero attached hydrogens (tertiary/aromatic N) is 1. The Kier molecular flexibility index (Phi) is 9.81. The van der Waals surface area contributed by atoms with Crippen molar-refractivity contribution in [2.24, 2.45) is 4.99 Å². The molecule has 2 N–H and O–H groups in total. The smallest absolute Gasteiger partial charge is 0.252 e. The van der Waals surface area contributed by atoms with Gasteiger partial charge in [-0.25, -0.2) is 4.99 Å². The van der Waals surface area contributed by atoms with Crippen molar-refractivity contribution < 1.29 is 28.8 Å². The van der Waals surface area contributed by atoms with Crippen LogP contribution in [0.25, 0.3) is 0 Å². The van der Waals surface area contributed by atoms with Crippen LogP contribution in [0.15, 0.2) is 90.4 Å². The van der Waals surface area contributed by atoms with Crippen molar-refractivity contribution in [1.29, 1.82) is 0 Å². The molecule has 0 bridgehead atoms. The van der Waals surface area contributed by atoms with Crippen LogP contribution in [-0.4, -0.2) is 56.4 Å². The zero-order valence-electron chi connectivity index (χ0n) is 23.0. The number of para-hydroxylation sites is 1. The molecule has 0 saturated heterocycles. The maximum atomic E-state index is 14.0. The summed E-state index contributed by atoms with van der Waals surface area (Å²) in [6, 6.07) is 22.6. The van der Waals surface area contributed by atoms with Crippen LogP contribution in [0.1, 0.15) is 35.6 Å². The first-order valence-electron chi connectivity index (χ1n) is 13.3. The van der Waals surface area contributed by atoms with Gasteiger partial charge in [0.1, 0.15) is 17.2 Å². The molecule has 1 aliphatic rings. The van der Waals surface area contributed by atoms with Crippen molar-refractivity contribution in [3.63, 3.8) is 0 Å². The molecule has 210 valence electrons. The SMILES string of the molecule is C=CC[C@@]1(C(=O)NCCc2ccccc2OC)N=C(c2ccc(OCCCO)cc2)O[C@@H]1c1cccc(OC)c1. The molecule has 0 spiro atoms. The number of carbonyl (C=O) groups excluding carboxylic acids is 1. The number of carbonyl (C=O) groups is 1. The van der Waals surface area contributed by atoms with Crippen molar-refractivity contribution >= 4 is 11.8 Å². The first-order chi connectivity index (χ1) is 19.5. The molecule has 0 unspecified atom stereocenters. The molecular formula is C32H36N2O6. The molecule has 0 aromatic heterocycles. The van der Waals surface area contributed by atoms with Crippen LogP contribution in [0.4, 0.5) is 0 Å². The number of hydrogen-bond donors (Lipinski definition) is 2. The number of aliphatic hydroxyl groups excluding tert-OH is 1. The number of aliphatic hydroxyl groups is 1. The molecule has 0 fully saturated rings. The van der Waals surface area contributed by atoms with E-state index < -0.39 is 11.6 Å². The number of methoxy groups -OCH3 is 2. The Hall–Kier alpha value is -4.30. The minimum absolute atomic E-state index is 0.0702. The first-order valence-corrected chi connectivity index (χ1v) is 13.3. The molecule has 0 aliphatic carbocycles. The van der Waals surface area contributed by atoms with Crippen molar-refractivity contribution in [2.45, 2.75) is 30.9 Å². The van der Waals surface area contributed by atoms with E-state index in [1.807, 2.05) is 72.8 Å². The maximum Gasteiger partial charge on any atom is 0.252 e. The van der Waals surface area contributed by atoms with Gasteiger partial charge in [-0.2, -0.15) is 0 Å². The Morgan fingerprint density at radius 2 is 1.88 bits per heavy atom. The topological polar surface area (TPSA) is 98.6 Å². The second-order valence-corrected chi connectivity index (χ2v) is 9.38. The van der Waals surface area contributed by atoms with E-state index >= 15 is 0 Å². The predicted molar refractivity (Wildman–Crippen MR) is 154 cm³/mol. The van der Waals surface area contributed by atoms with E-state index in [2.05, 4.69) is 11.9 Å². The van der Waals surface area contributed by atoms with E-state index in [0.29, 0.717) is 43.4 Å². The van der Waals surface area contributed by atoms with Gasteiger partial charge in [-0.15, -0.1) is 6.58 Å². The van der Waals surface area contributed by atoms with E-state index in [4.69, 9.17) is 29.0 Å². The van der Waals surface area contributed by atoms with E-state index in [9.17, 15) is 4.79 Å². The monoisotopic (exact) mass is 544 g/mol. The third kappa shape index (κ3) is 6.46. The standard InChI is InChI=1S/C32H36N2O6/c1-4-18-32(31(36)33-19-17-23-9-5-6-12-28(23)38-3)29(25-10-7-11-27(22-25)37-2)40-30(34-32)24-13-15-26(16-14-24)39-21-8-20-35/h4-7,9-16,22,29,35H,1,8,17-21H2,2-3H3,(H,33,36)/t29-,32-/m1/s1.